The third kappa shape index (κ3) is 2.15. The summed E-state index contributed by atoms with van der Waals surface area (Å²) in [6.07, 6.45) is 2.62. The fourth-order valence-corrected chi connectivity index (χ4v) is 2.54. The molecule has 2 nitrogen and oxygen atoms in total. The van der Waals surface area contributed by atoms with Crippen LogP contribution in [0.1, 0.15) is 24.5 Å². The lowest BCUT2D eigenvalue weighted by Crippen LogP contribution is -2.05. The number of hydrogen-bond donors (Lipinski definition) is 0. The van der Waals surface area contributed by atoms with Crippen molar-refractivity contribution < 1.29 is 4.74 Å². The molecular weight excluding hydrogens is 254 g/mol. The van der Waals surface area contributed by atoms with Crippen LogP contribution in [-0.4, -0.2) is 6.10 Å². The van der Waals surface area contributed by atoms with Crippen LogP contribution in [0.4, 0.5) is 0 Å². The Bertz CT molecular complexity index is 422. The third-order valence-corrected chi connectivity index (χ3v) is 3.12. The first-order valence-corrected chi connectivity index (χ1v) is 5.85. The number of rotatable bonds is 2. The molecule has 0 N–H and O–H groups in total. The number of fused-ring (bicyclic) bond motifs is 1. The van der Waals surface area contributed by atoms with Gasteiger partial charge in [0.05, 0.1) is 10.5 Å². The fourth-order valence-electron chi connectivity index (χ4n) is 1.89. The van der Waals surface area contributed by atoms with Gasteiger partial charge in [-0.15, -0.1) is 0 Å². The molecular formula is C12H12BrNO. The molecule has 78 valence electrons. The Morgan fingerprint density at radius 2 is 2.40 bits per heavy atom. The van der Waals surface area contributed by atoms with Gasteiger partial charge >= 0.3 is 0 Å². The summed E-state index contributed by atoms with van der Waals surface area (Å²) in [6.45, 7) is 2.07. The Morgan fingerprint density at radius 1 is 1.60 bits per heavy atom. The molecule has 3 heteroatoms. The SMILES string of the molecule is CC1Cc2cc(CCC#N)cc(Br)c2O1. The maximum absolute atomic E-state index is 8.55. The van der Waals surface area contributed by atoms with Crippen LogP contribution in [0.5, 0.6) is 5.75 Å². The highest BCUT2D eigenvalue weighted by Crippen LogP contribution is 2.37. The van der Waals surface area contributed by atoms with Crippen molar-refractivity contribution in [3.63, 3.8) is 0 Å². The van der Waals surface area contributed by atoms with Gasteiger partial charge in [0.15, 0.2) is 0 Å². The number of nitrogens with zero attached hydrogens (tertiary/aromatic N) is 1. The average Bonchev–Trinajstić information content (AvgIpc) is 2.56. The lowest BCUT2D eigenvalue weighted by Gasteiger charge is -2.06. The second kappa shape index (κ2) is 4.24. The predicted octanol–water partition coefficient (Wildman–Crippen LogP) is 3.23. The molecule has 0 saturated carbocycles. The van der Waals surface area contributed by atoms with E-state index in [0.29, 0.717) is 6.42 Å². The summed E-state index contributed by atoms with van der Waals surface area (Å²) in [5, 5.41) is 8.55. The molecule has 2 rings (SSSR count). The van der Waals surface area contributed by atoms with E-state index >= 15 is 0 Å². The highest BCUT2D eigenvalue weighted by atomic mass is 79.9. The van der Waals surface area contributed by atoms with Crippen LogP contribution in [-0.2, 0) is 12.8 Å². The Kier molecular flexibility index (Phi) is 2.97. The minimum Gasteiger partial charge on any atom is -0.489 e. The van der Waals surface area contributed by atoms with E-state index in [2.05, 4.69) is 35.0 Å². The van der Waals surface area contributed by atoms with Gasteiger partial charge in [0.25, 0.3) is 0 Å². The number of aryl methyl sites for hydroxylation is 1. The van der Waals surface area contributed by atoms with E-state index in [1.54, 1.807) is 0 Å². The predicted molar refractivity (Wildman–Crippen MR) is 61.9 cm³/mol. The van der Waals surface area contributed by atoms with Crippen LogP contribution in [0.25, 0.3) is 0 Å². The van der Waals surface area contributed by atoms with Crippen molar-refractivity contribution in [2.75, 3.05) is 0 Å². The Balaban J connectivity index is 2.28. The van der Waals surface area contributed by atoms with Gasteiger partial charge in [-0.1, -0.05) is 6.07 Å². The van der Waals surface area contributed by atoms with Crippen molar-refractivity contribution in [3.8, 4) is 11.8 Å². The van der Waals surface area contributed by atoms with Gasteiger partial charge in [-0.25, -0.2) is 0 Å². The van der Waals surface area contributed by atoms with Crippen molar-refractivity contribution in [3.05, 3.63) is 27.7 Å². The molecule has 0 aliphatic carbocycles. The molecule has 0 bridgehead atoms. The van der Waals surface area contributed by atoms with E-state index in [-0.39, 0.29) is 6.10 Å². The normalized spacial score (nSPS) is 18.1. The Morgan fingerprint density at radius 3 is 3.13 bits per heavy atom. The van der Waals surface area contributed by atoms with Gasteiger partial charge < -0.3 is 4.74 Å². The summed E-state index contributed by atoms with van der Waals surface area (Å²) in [5.74, 6) is 0.975. The molecule has 1 aliphatic heterocycles. The molecule has 1 atom stereocenters. The van der Waals surface area contributed by atoms with Crippen molar-refractivity contribution >= 4 is 15.9 Å². The van der Waals surface area contributed by atoms with Crippen LogP contribution >= 0.6 is 15.9 Å². The highest BCUT2D eigenvalue weighted by Gasteiger charge is 2.21. The topological polar surface area (TPSA) is 33.0 Å². The van der Waals surface area contributed by atoms with Crippen LogP contribution < -0.4 is 4.74 Å². The Labute approximate surface area is 98.0 Å². The summed E-state index contributed by atoms with van der Waals surface area (Å²) in [6, 6.07) is 6.37. The molecule has 1 aromatic carbocycles. The molecule has 0 aromatic heterocycles. The molecule has 0 amide bonds. The minimum atomic E-state index is 0.266. The summed E-state index contributed by atoms with van der Waals surface area (Å²) >= 11 is 3.51. The van der Waals surface area contributed by atoms with Crippen molar-refractivity contribution in [2.24, 2.45) is 0 Å². The zero-order chi connectivity index (χ0) is 10.8. The van der Waals surface area contributed by atoms with Gasteiger partial charge in [0.2, 0.25) is 0 Å². The van der Waals surface area contributed by atoms with Crippen LogP contribution in [0.15, 0.2) is 16.6 Å². The number of benzene rings is 1. The number of halogens is 1. The van der Waals surface area contributed by atoms with E-state index in [0.717, 1.165) is 23.1 Å². The van der Waals surface area contributed by atoms with Gasteiger partial charge in [-0.2, -0.15) is 5.26 Å². The smallest absolute Gasteiger partial charge is 0.137 e. The van der Waals surface area contributed by atoms with E-state index in [9.17, 15) is 0 Å². The molecule has 0 spiro atoms. The van der Waals surface area contributed by atoms with E-state index in [1.165, 1.54) is 11.1 Å². The maximum Gasteiger partial charge on any atom is 0.137 e. The molecule has 0 fully saturated rings. The van der Waals surface area contributed by atoms with Gasteiger partial charge in [0, 0.05) is 12.8 Å². The summed E-state index contributed by atoms with van der Waals surface area (Å²) in [5.41, 5.74) is 2.46. The monoisotopic (exact) mass is 265 g/mol. The fraction of sp³-hybridized carbons (Fsp3) is 0.417. The first-order chi connectivity index (χ1) is 7.20. The van der Waals surface area contributed by atoms with Crippen molar-refractivity contribution in [2.45, 2.75) is 32.3 Å². The first-order valence-electron chi connectivity index (χ1n) is 5.05. The van der Waals surface area contributed by atoms with Crippen molar-refractivity contribution in [1.29, 1.82) is 5.26 Å². The quantitative estimate of drug-likeness (QED) is 0.823. The van der Waals surface area contributed by atoms with Gasteiger partial charge in [0.1, 0.15) is 11.9 Å². The molecule has 0 radical (unpaired) electrons. The summed E-state index contributed by atoms with van der Waals surface area (Å²) in [7, 11) is 0. The number of nitriles is 1. The molecule has 1 aromatic rings. The number of ether oxygens (including phenoxy) is 1. The van der Waals surface area contributed by atoms with Gasteiger partial charge in [-0.3, -0.25) is 0 Å². The average molecular weight is 266 g/mol. The molecule has 1 unspecified atom stereocenters. The second-order valence-electron chi connectivity index (χ2n) is 3.86. The molecule has 0 saturated heterocycles. The second-order valence-corrected chi connectivity index (χ2v) is 4.71. The first kappa shape index (κ1) is 10.5. The van der Waals surface area contributed by atoms with Crippen LogP contribution in [0.2, 0.25) is 0 Å². The lowest BCUT2D eigenvalue weighted by molar-refractivity contribution is 0.253. The van der Waals surface area contributed by atoms with E-state index in [4.69, 9.17) is 10.00 Å². The van der Waals surface area contributed by atoms with E-state index < -0.39 is 0 Å². The summed E-state index contributed by atoms with van der Waals surface area (Å²) < 4.78 is 6.70. The highest BCUT2D eigenvalue weighted by molar-refractivity contribution is 9.10. The molecule has 15 heavy (non-hydrogen) atoms. The largest absolute Gasteiger partial charge is 0.489 e. The standard InChI is InChI=1S/C12H12BrNO/c1-8-5-10-6-9(3-2-4-14)7-11(13)12(10)15-8/h6-8H,2-3,5H2,1H3. The third-order valence-electron chi connectivity index (χ3n) is 2.53. The zero-order valence-corrected chi connectivity index (χ0v) is 10.2. The maximum atomic E-state index is 8.55. The summed E-state index contributed by atoms with van der Waals surface area (Å²) in [4.78, 5) is 0. The number of hydrogen-bond acceptors (Lipinski definition) is 2. The minimum absolute atomic E-state index is 0.266. The van der Waals surface area contributed by atoms with Crippen LogP contribution in [0.3, 0.4) is 0 Å². The Hall–Kier alpha value is -1.01. The van der Waals surface area contributed by atoms with E-state index in [1.807, 2.05) is 6.07 Å². The molecule has 1 heterocycles. The zero-order valence-electron chi connectivity index (χ0n) is 8.59. The van der Waals surface area contributed by atoms with Crippen LogP contribution in [0, 0.1) is 11.3 Å². The molecule has 1 aliphatic rings. The van der Waals surface area contributed by atoms with Crippen molar-refractivity contribution in [1.82, 2.24) is 0 Å². The lowest BCUT2D eigenvalue weighted by atomic mass is 10.0. The van der Waals surface area contributed by atoms with Gasteiger partial charge in [-0.05, 0) is 46.5 Å².